The highest BCUT2D eigenvalue weighted by Crippen LogP contribution is 2.35. The van der Waals surface area contributed by atoms with Gasteiger partial charge in [0, 0.05) is 0 Å². The minimum Gasteiger partial charge on any atom is -0.481 e. The number of benzene rings is 1. The molecule has 0 aromatic heterocycles. The van der Waals surface area contributed by atoms with Crippen molar-refractivity contribution in [1.29, 1.82) is 0 Å². The number of halogens is 1. The molecule has 0 saturated carbocycles. The first-order valence-electron chi connectivity index (χ1n) is 4.75. The number of rotatable bonds is 2. The molecule has 1 aliphatic rings. The zero-order valence-corrected chi connectivity index (χ0v) is 8.22. The van der Waals surface area contributed by atoms with Gasteiger partial charge < -0.3 is 9.84 Å². The maximum absolute atomic E-state index is 12.7. The Labute approximate surface area is 90.6 Å². The highest BCUT2D eigenvalue weighted by molar-refractivity contribution is 5.82. The predicted molar refractivity (Wildman–Crippen MR) is 51.0 cm³/mol. The van der Waals surface area contributed by atoms with E-state index in [0.717, 1.165) is 0 Å². The summed E-state index contributed by atoms with van der Waals surface area (Å²) in [4.78, 5) is 21.9. The lowest BCUT2D eigenvalue weighted by Gasteiger charge is -2.14. The topological polar surface area (TPSA) is 63.6 Å². The van der Waals surface area contributed by atoms with E-state index in [1.165, 1.54) is 24.3 Å². The maximum atomic E-state index is 12.7. The van der Waals surface area contributed by atoms with Crippen LogP contribution in [0.1, 0.15) is 18.1 Å². The van der Waals surface area contributed by atoms with Gasteiger partial charge in [-0.2, -0.15) is 0 Å². The number of ether oxygens (including phenoxy) is 1. The molecule has 1 aliphatic heterocycles. The summed E-state index contributed by atoms with van der Waals surface area (Å²) < 4.78 is 17.6. The molecule has 1 N–H and O–H groups in total. The van der Waals surface area contributed by atoms with Gasteiger partial charge in [-0.25, -0.2) is 4.39 Å². The number of carbonyl (C=O) groups is 2. The standard InChI is InChI=1S/C11H9FO4/c12-7-3-1-6(2-4-7)10-8(11(14)15)5-9(13)16-10/h1-4,8,10H,5H2,(H,14,15)/t8-,10+/m0/s1. The smallest absolute Gasteiger partial charge is 0.311 e. The zero-order valence-electron chi connectivity index (χ0n) is 8.22. The molecule has 2 atom stereocenters. The Morgan fingerprint density at radius 1 is 1.38 bits per heavy atom. The second-order valence-electron chi connectivity index (χ2n) is 3.61. The summed E-state index contributed by atoms with van der Waals surface area (Å²) in [6.07, 6.45) is -0.956. The SMILES string of the molecule is O=C1C[C@H](C(=O)O)[C@@H](c2ccc(F)cc2)O1. The Kier molecular flexibility index (Phi) is 2.60. The molecule has 16 heavy (non-hydrogen) atoms. The van der Waals surface area contributed by atoms with Crippen molar-refractivity contribution in [2.45, 2.75) is 12.5 Å². The van der Waals surface area contributed by atoms with Gasteiger partial charge in [0.1, 0.15) is 17.8 Å². The van der Waals surface area contributed by atoms with E-state index in [-0.39, 0.29) is 6.42 Å². The predicted octanol–water partition coefficient (Wildman–Crippen LogP) is 1.51. The van der Waals surface area contributed by atoms with Gasteiger partial charge in [0.15, 0.2) is 0 Å². The Balaban J connectivity index is 2.28. The summed E-state index contributed by atoms with van der Waals surface area (Å²) in [5.74, 6) is -2.93. The highest BCUT2D eigenvalue weighted by atomic mass is 19.1. The molecule has 0 amide bonds. The molecule has 1 aromatic carbocycles. The van der Waals surface area contributed by atoms with Crippen LogP contribution in [0, 0.1) is 11.7 Å². The minimum absolute atomic E-state index is 0.141. The monoisotopic (exact) mass is 224 g/mol. The van der Waals surface area contributed by atoms with Gasteiger partial charge in [-0.3, -0.25) is 9.59 Å². The van der Waals surface area contributed by atoms with Crippen LogP contribution in [0.15, 0.2) is 24.3 Å². The number of carboxylic acid groups (broad SMARTS) is 1. The fourth-order valence-corrected chi connectivity index (χ4v) is 1.73. The summed E-state index contributed by atoms with van der Waals surface area (Å²) in [5.41, 5.74) is 0.500. The van der Waals surface area contributed by atoms with E-state index in [2.05, 4.69) is 0 Å². The molecular weight excluding hydrogens is 215 g/mol. The average molecular weight is 224 g/mol. The number of aliphatic carboxylic acids is 1. The van der Waals surface area contributed by atoms with E-state index >= 15 is 0 Å². The van der Waals surface area contributed by atoms with Crippen LogP contribution in [0.2, 0.25) is 0 Å². The van der Waals surface area contributed by atoms with E-state index in [1.807, 2.05) is 0 Å². The van der Waals surface area contributed by atoms with E-state index in [1.54, 1.807) is 0 Å². The molecule has 0 bridgehead atoms. The molecule has 0 spiro atoms. The minimum atomic E-state index is -1.08. The normalized spacial score (nSPS) is 24.2. The summed E-state index contributed by atoms with van der Waals surface area (Å²) in [6, 6.07) is 5.27. The van der Waals surface area contributed by atoms with Gasteiger partial charge in [0.2, 0.25) is 0 Å². The molecule has 1 aromatic rings. The van der Waals surface area contributed by atoms with Crippen LogP contribution < -0.4 is 0 Å². The van der Waals surface area contributed by atoms with Crippen molar-refractivity contribution in [1.82, 2.24) is 0 Å². The number of carboxylic acids is 1. The molecule has 1 heterocycles. The van der Waals surface area contributed by atoms with E-state index in [0.29, 0.717) is 5.56 Å². The van der Waals surface area contributed by atoms with Crippen LogP contribution in [0.3, 0.4) is 0 Å². The Hall–Kier alpha value is -1.91. The summed E-state index contributed by atoms with van der Waals surface area (Å²) in [5, 5.41) is 8.91. The van der Waals surface area contributed by atoms with E-state index < -0.39 is 29.8 Å². The molecule has 0 aliphatic carbocycles. The van der Waals surface area contributed by atoms with Crippen molar-refractivity contribution >= 4 is 11.9 Å². The van der Waals surface area contributed by atoms with E-state index in [4.69, 9.17) is 9.84 Å². The maximum Gasteiger partial charge on any atom is 0.311 e. The van der Waals surface area contributed by atoms with Gasteiger partial charge in [-0.05, 0) is 17.7 Å². The molecule has 0 radical (unpaired) electrons. The first-order valence-corrected chi connectivity index (χ1v) is 4.75. The van der Waals surface area contributed by atoms with Crippen LogP contribution in [0.5, 0.6) is 0 Å². The van der Waals surface area contributed by atoms with Crippen LogP contribution in [0.4, 0.5) is 4.39 Å². The average Bonchev–Trinajstić information content (AvgIpc) is 2.61. The second-order valence-corrected chi connectivity index (χ2v) is 3.61. The van der Waals surface area contributed by atoms with E-state index in [9.17, 15) is 14.0 Å². The van der Waals surface area contributed by atoms with Crippen LogP contribution >= 0.6 is 0 Å². The van der Waals surface area contributed by atoms with Gasteiger partial charge in [-0.15, -0.1) is 0 Å². The van der Waals surface area contributed by atoms with Crippen molar-refractivity contribution in [3.63, 3.8) is 0 Å². The van der Waals surface area contributed by atoms with Gasteiger partial charge in [-0.1, -0.05) is 12.1 Å². The molecule has 1 saturated heterocycles. The van der Waals surface area contributed by atoms with Crippen molar-refractivity contribution < 1.29 is 23.8 Å². The summed E-state index contributed by atoms with van der Waals surface area (Å²) in [6.45, 7) is 0. The summed E-state index contributed by atoms with van der Waals surface area (Å²) in [7, 11) is 0. The van der Waals surface area contributed by atoms with Gasteiger partial charge in [0.25, 0.3) is 0 Å². The van der Waals surface area contributed by atoms with Gasteiger partial charge >= 0.3 is 11.9 Å². The lowest BCUT2D eigenvalue weighted by molar-refractivity contribution is -0.144. The lowest BCUT2D eigenvalue weighted by Crippen LogP contribution is -2.17. The number of cyclic esters (lactones) is 1. The largest absolute Gasteiger partial charge is 0.481 e. The molecule has 5 heteroatoms. The molecule has 1 fully saturated rings. The Morgan fingerprint density at radius 2 is 2.00 bits per heavy atom. The number of esters is 1. The fraction of sp³-hybridized carbons (Fsp3) is 0.273. The van der Waals surface area contributed by atoms with Crippen molar-refractivity contribution in [2.24, 2.45) is 5.92 Å². The Morgan fingerprint density at radius 3 is 2.56 bits per heavy atom. The molecule has 84 valence electrons. The van der Waals surface area contributed by atoms with Crippen LogP contribution in [-0.4, -0.2) is 17.0 Å². The van der Waals surface area contributed by atoms with Crippen molar-refractivity contribution in [2.75, 3.05) is 0 Å². The first-order chi connectivity index (χ1) is 7.58. The zero-order chi connectivity index (χ0) is 11.7. The fourth-order valence-electron chi connectivity index (χ4n) is 1.73. The summed E-state index contributed by atoms with van der Waals surface area (Å²) >= 11 is 0. The number of hydrogen-bond acceptors (Lipinski definition) is 3. The first kappa shape index (κ1) is 10.6. The quantitative estimate of drug-likeness (QED) is 0.773. The molecule has 0 unspecified atom stereocenters. The van der Waals surface area contributed by atoms with Crippen LogP contribution in [-0.2, 0) is 14.3 Å². The second kappa shape index (κ2) is 3.92. The molecule has 2 rings (SSSR count). The molecule has 4 nitrogen and oxygen atoms in total. The lowest BCUT2D eigenvalue weighted by atomic mass is 9.95. The van der Waals surface area contributed by atoms with Gasteiger partial charge in [0.05, 0.1) is 6.42 Å². The molecular formula is C11H9FO4. The third kappa shape index (κ3) is 1.88. The number of carbonyl (C=O) groups excluding carboxylic acids is 1. The highest BCUT2D eigenvalue weighted by Gasteiger charge is 2.40. The van der Waals surface area contributed by atoms with Crippen molar-refractivity contribution in [3.8, 4) is 0 Å². The Bertz CT molecular complexity index is 426. The number of hydrogen-bond donors (Lipinski definition) is 1. The van der Waals surface area contributed by atoms with Crippen LogP contribution in [0.25, 0.3) is 0 Å². The van der Waals surface area contributed by atoms with Crippen molar-refractivity contribution in [3.05, 3.63) is 35.6 Å². The third-order valence-corrected chi connectivity index (χ3v) is 2.53. The third-order valence-electron chi connectivity index (χ3n) is 2.53.